The molecule has 96 valence electrons. The summed E-state index contributed by atoms with van der Waals surface area (Å²) in [5, 5.41) is 17.2. The summed E-state index contributed by atoms with van der Waals surface area (Å²) in [5.41, 5.74) is 0. The molecule has 1 amide bonds. The van der Waals surface area contributed by atoms with Crippen molar-refractivity contribution in [1.29, 1.82) is 0 Å². The van der Waals surface area contributed by atoms with Gasteiger partial charge in [0.15, 0.2) is 0 Å². The van der Waals surface area contributed by atoms with Gasteiger partial charge < -0.3 is 15.7 Å². The Morgan fingerprint density at radius 2 is 2.47 bits per heavy atom. The maximum Gasteiger partial charge on any atom is 0.237 e. The Morgan fingerprint density at radius 3 is 3.06 bits per heavy atom. The second-order valence-electron chi connectivity index (χ2n) is 3.97. The van der Waals surface area contributed by atoms with Gasteiger partial charge in [-0.05, 0) is 24.3 Å². The molecule has 2 rings (SSSR count). The molecule has 4 nitrogen and oxygen atoms in total. The fourth-order valence-electron chi connectivity index (χ4n) is 1.80. The van der Waals surface area contributed by atoms with Gasteiger partial charge in [0.25, 0.3) is 0 Å². The van der Waals surface area contributed by atoms with Crippen molar-refractivity contribution in [2.75, 3.05) is 13.1 Å². The molecule has 2 unspecified atom stereocenters. The van der Waals surface area contributed by atoms with E-state index in [4.69, 9.17) is 0 Å². The van der Waals surface area contributed by atoms with E-state index in [1.54, 1.807) is 11.3 Å². The van der Waals surface area contributed by atoms with E-state index < -0.39 is 0 Å². The molecule has 1 aliphatic heterocycles. The van der Waals surface area contributed by atoms with Gasteiger partial charge in [0.1, 0.15) is 0 Å². The quantitative estimate of drug-likeness (QED) is 0.753. The number of carbonyl (C=O) groups is 1. The van der Waals surface area contributed by atoms with Crippen LogP contribution in [0.2, 0.25) is 0 Å². The number of rotatable bonds is 4. The van der Waals surface area contributed by atoms with E-state index in [2.05, 4.69) is 16.7 Å². The third-order valence-electron chi connectivity index (χ3n) is 2.67. The summed E-state index contributed by atoms with van der Waals surface area (Å²) >= 11 is 1.70. The molecule has 17 heavy (non-hydrogen) atoms. The van der Waals surface area contributed by atoms with Crippen LogP contribution in [0, 0.1) is 0 Å². The van der Waals surface area contributed by atoms with Crippen LogP contribution in [0.5, 0.6) is 0 Å². The molecule has 0 radical (unpaired) electrons. The molecule has 1 saturated heterocycles. The largest absolute Gasteiger partial charge is 0.392 e. The number of thiophene rings is 1. The molecule has 1 aromatic rings. The molecule has 1 fully saturated rings. The lowest BCUT2D eigenvalue weighted by molar-refractivity contribution is -0.122. The molecule has 2 atom stereocenters. The van der Waals surface area contributed by atoms with Gasteiger partial charge in [-0.25, -0.2) is 0 Å². The summed E-state index contributed by atoms with van der Waals surface area (Å²) in [6, 6.07) is 3.85. The third-order valence-corrected chi connectivity index (χ3v) is 3.61. The number of hydrogen-bond acceptors (Lipinski definition) is 4. The van der Waals surface area contributed by atoms with Gasteiger partial charge in [0.05, 0.1) is 12.1 Å². The van der Waals surface area contributed by atoms with Gasteiger partial charge in [-0.2, -0.15) is 0 Å². The van der Waals surface area contributed by atoms with Crippen molar-refractivity contribution in [3.8, 4) is 0 Å². The Bertz CT molecular complexity index is 345. The minimum Gasteiger partial charge on any atom is -0.392 e. The Kier molecular flexibility index (Phi) is 5.91. The van der Waals surface area contributed by atoms with Gasteiger partial charge in [0.2, 0.25) is 5.91 Å². The van der Waals surface area contributed by atoms with Crippen LogP contribution in [-0.4, -0.2) is 36.2 Å². The van der Waals surface area contributed by atoms with Crippen molar-refractivity contribution in [3.63, 3.8) is 0 Å². The highest BCUT2D eigenvalue weighted by molar-refractivity contribution is 7.09. The number of aliphatic hydroxyl groups is 1. The summed E-state index contributed by atoms with van der Waals surface area (Å²) in [7, 11) is 0. The van der Waals surface area contributed by atoms with Crippen LogP contribution in [0.25, 0.3) is 0 Å². The normalized spacial score (nSPS) is 23.1. The Labute approximate surface area is 111 Å². The van der Waals surface area contributed by atoms with Crippen LogP contribution in [-0.2, 0) is 11.2 Å². The Balaban J connectivity index is 0.00000144. The number of aliphatic hydroxyl groups excluding tert-OH is 1. The van der Waals surface area contributed by atoms with Gasteiger partial charge >= 0.3 is 0 Å². The Morgan fingerprint density at radius 1 is 1.65 bits per heavy atom. The van der Waals surface area contributed by atoms with Crippen molar-refractivity contribution in [1.82, 2.24) is 10.6 Å². The van der Waals surface area contributed by atoms with Crippen LogP contribution in [0.1, 0.15) is 11.3 Å². The minimum atomic E-state index is -0.381. The summed E-state index contributed by atoms with van der Waals surface area (Å²) in [6.07, 6.45) is 1.01. The summed E-state index contributed by atoms with van der Waals surface area (Å²) in [4.78, 5) is 12.9. The second kappa shape index (κ2) is 6.96. The van der Waals surface area contributed by atoms with Crippen molar-refractivity contribution in [3.05, 3.63) is 22.4 Å². The maximum absolute atomic E-state index is 11.6. The van der Waals surface area contributed by atoms with Crippen LogP contribution in [0.3, 0.4) is 0 Å². The molecule has 1 aliphatic rings. The fourth-order valence-corrected chi connectivity index (χ4v) is 2.51. The zero-order valence-corrected chi connectivity index (χ0v) is 11.0. The number of carbonyl (C=O) groups excluding carboxylic acids is 1. The van der Waals surface area contributed by atoms with Crippen LogP contribution in [0.4, 0.5) is 0 Å². The second-order valence-corrected chi connectivity index (χ2v) is 5.00. The third kappa shape index (κ3) is 4.27. The smallest absolute Gasteiger partial charge is 0.237 e. The number of nitrogens with one attached hydrogen (secondary N) is 2. The molecule has 2 heterocycles. The van der Waals surface area contributed by atoms with Crippen molar-refractivity contribution >= 4 is 29.7 Å². The van der Waals surface area contributed by atoms with Gasteiger partial charge in [0, 0.05) is 18.0 Å². The molecular formula is C11H17ClN2O2S. The summed E-state index contributed by atoms with van der Waals surface area (Å²) < 4.78 is 0. The number of β-amino-alcohol motifs (C(OH)–C–C–N with tert-alkyl or cyclic N) is 1. The number of hydrogen-bond donors (Lipinski definition) is 3. The standard InChI is InChI=1S/C11H16N2O2S.ClH/c14-8-6-10(13-7-8)11(15)12-4-3-9-2-1-5-16-9;/h1-2,5,8,10,13-14H,3-4,6-7H2,(H,12,15);1H. The lowest BCUT2D eigenvalue weighted by Gasteiger charge is -2.10. The summed E-state index contributed by atoms with van der Waals surface area (Å²) in [6.45, 7) is 1.18. The minimum absolute atomic E-state index is 0. The molecule has 0 saturated carbocycles. The highest BCUT2D eigenvalue weighted by Crippen LogP contribution is 2.09. The molecule has 6 heteroatoms. The molecule has 0 bridgehead atoms. The van der Waals surface area contributed by atoms with E-state index in [-0.39, 0.29) is 30.5 Å². The zero-order valence-electron chi connectivity index (χ0n) is 9.39. The molecule has 3 N–H and O–H groups in total. The predicted octanol–water partition coefficient (Wildman–Crippen LogP) is 0.551. The molecule has 0 aromatic carbocycles. The first-order chi connectivity index (χ1) is 7.75. The SMILES string of the molecule is Cl.O=C(NCCc1cccs1)C1CC(O)CN1. The zero-order chi connectivity index (χ0) is 11.4. The highest BCUT2D eigenvalue weighted by Gasteiger charge is 2.27. The van der Waals surface area contributed by atoms with Crippen LogP contribution in [0.15, 0.2) is 17.5 Å². The highest BCUT2D eigenvalue weighted by atomic mass is 35.5. The fraction of sp³-hybridized carbons (Fsp3) is 0.545. The molecule has 1 aromatic heterocycles. The first-order valence-corrected chi connectivity index (χ1v) is 6.35. The maximum atomic E-state index is 11.6. The number of amides is 1. The lowest BCUT2D eigenvalue weighted by atomic mass is 10.2. The van der Waals surface area contributed by atoms with E-state index in [1.165, 1.54) is 4.88 Å². The average Bonchev–Trinajstić information content (AvgIpc) is 2.89. The van der Waals surface area contributed by atoms with Crippen molar-refractivity contribution in [2.24, 2.45) is 0 Å². The summed E-state index contributed by atoms with van der Waals surface area (Å²) in [5.74, 6) is -0.00638. The van der Waals surface area contributed by atoms with E-state index in [1.807, 2.05) is 11.4 Å². The van der Waals surface area contributed by atoms with Crippen molar-refractivity contribution in [2.45, 2.75) is 25.0 Å². The van der Waals surface area contributed by atoms with Gasteiger partial charge in [-0.3, -0.25) is 4.79 Å². The van der Waals surface area contributed by atoms with Crippen LogP contribution < -0.4 is 10.6 Å². The van der Waals surface area contributed by atoms with Gasteiger partial charge in [-0.1, -0.05) is 6.07 Å². The van der Waals surface area contributed by atoms with Gasteiger partial charge in [-0.15, -0.1) is 23.7 Å². The predicted molar refractivity (Wildman–Crippen MR) is 70.7 cm³/mol. The molecular weight excluding hydrogens is 260 g/mol. The first-order valence-electron chi connectivity index (χ1n) is 5.47. The Hall–Kier alpha value is -0.620. The average molecular weight is 277 g/mol. The van der Waals surface area contributed by atoms with E-state index >= 15 is 0 Å². The molecule has 0 spiro atoms. The first kappa shape index (κ1) is 14.4. The van der Waals surface area contributed by atoms with E-state index in [9.17, 15) is 9.90 Å². The van der Waals surface area contributed by atoms with E-state index in [0.717, 1.165) is 6.42 Å². The topological polar surface area (TPSA) is 61.4 Å². The van der Waals surface area contributed by atoms with Crippen LogP contribution >= 0.6 is 23.7 Å². The molecule has 0 aliphatic carbocycles. The monoisotopic (exact) mass is 276 g/mol. The lowest BCUT2D eigenvalue weighted by Crippen LogP contribution is -2.41. The van der Waals surface area contributed by atoms with E-state index in [0.29, 0.717) is 19.5 Å². The van der Waals surface area contributed by atoms with Crippen molar-refractivity contribution < 1.29 is 9.90 Å². The number of halogens is 1.